The summed E-state index contributed by atoms with van der Waals surface area (Å²) in [5, 5.41) is 0. The summed E-state index contributed by atoms with van der Waals surface area (Å²) >= 11 is 0. The highest BCUT2D eigenvalue weighted by Crippen LogP contribution is 2.20. The van der Waals surface area contributed by atoms with Crippen molar-refractivity contribution in [3.63, 3.8) is 0 Å². The number of ether oxygens (including phenoxy) is 1. The largest absolute Gasteiger partial charge is 0.378 e. The van der Waals surface area contributed by atoms with Crippen LogP contribution in [0.4, 0.5) is 0 Å². The van der Waals surface area contributed by atoms with Crippen LogP contribution in [-0.2, 0) is 4.74 Å². The molecule has 0 aromatic heterocycles. The van der Waals surface area contributed by atoms with Crippen LogP contribution in [0, 0.1) is 5.92 Å². The van der Waals surface area contributed by atoms with E-state index in [0.717, 1.165) is 31.7 Å². The highest BCUT2D eigenvalue weighted by atomic mass is 16.5. The summed E-state index contributed by atoms with van der Waals surface area (Å²) in [4.78, 5) is 2.55. The zero-order valence-corrected chi connectivity index (χ0v) is 6.96. The molecule has 2 aliphatic rings. The molecule has 0 aromatic rings. The molecule has 64 valence electrons. The van der Waals surface area contributed by atoms with E-state index < -0.39 is 0 Å². The minimum absolute atomic E-state index is 0.742. The molecule has 0 bridgehead atoms. The number of rotatable bonds is 2. The number of nitrogens with zero attached hydrogens (tertiary/aromatic N) is 1. The molecule has 2 rings (SSSR count). The molecule has 3 heteroatoms. The van der Waals surface area contributed by atoms with Crippen LogP contribution in [0.3, 0.4) is 0 Å². The summed E-state index contributed by atoms with van der Waals surface area (Å²) in [5.41, 5.74) is 3.95. The van der Waals surface area contributed by atoms with Crippen LogP contribution in [0.1, 0.15) is 6.42 Å². The average molecular weight is 157 g/mol. The predicted molar refractivity (Wildman–Crippen MR) is 42.0 cm³/mol. The summed E-state index contributed by atoms with van der Waals surface area (Å²) in [6, 6.07) is 0.742. The number of hydrogen-bond acceptors (Lipinski definition) is 2. The van der Waals surface area contributed by atoms with Crippen molar-refractivity contribution in [1.82, 2.24) is 4.90 Å². The normalized spacial score (nSPS) is 34.1. The minimum Gasteiger partial charge on any atom is -0.378 e. The number of hydrogen-bond donors (Lipinski definition) is 1. The fraction of sp³-hybridized carbons (Fsp3) is 1.00. The van der Waals surface area contributed by atoms with Gasteiger partial charge in [-0.05, 0) is 13.0 Å². The molecule has 0 radical (unpaired) electrons. The van der Waals surface area contributed by atoms with E-state index in [1.807, 2.05) is 0 Å². The molecule has 1 unspecified atom stereocenters. The fourth-order valence-corrected chi connectivity index (χ4v) is 1.86. The third kappa shape index (κ3) is 1.41. The molecule has 1 atom stereocenters. The van der Waals surface area contributed by atoms with E-state index in [9.17, 15) is 0 Å². The van der Waals surface area contributed by atoms with Crippen LogP contribution in [0.25, 0.3) is 0 Å². The summed E-state index contributed by atoms with van der Waals surface area (Å²) < 4.78 is 5.16. The average Bonchev–Trinajstić information content (AvgIpc) is 2.32. The van der Waals surface area contributed by atoms with Gasteiger partial charge in [-0.15, -0.1) is 0 Å². The standard InChI is InChI=1S/C8H16N2O/c9-3-7-1-2-10(4-7)8-5-11-6-8/h7-8H,1-6,9H2/p+1. The summed E-state index contributed by atoms with van der Waals surface area (Å²) in [7, 11) is 0. The van der Waals surface area contributed by atoms with Gasteiger partial charge in [-0.3, -0.25) is 4.90 Å². The first-order valence-electron chi connectivity index (χ1n) is 4.51. The second-order valence-electron chi connectivity index (χ2n) is 3.63. The first kappa shape index (κ1) is 7.53. The number of likely N-dealkylation sites (tertiary alicyclic amines) is 1. The lowest BCUT2D eigenvalue weighted by Crippen LogP contribution is -2.55. The van der Waals surface area contributed by atoms with Gasteiger partial charge in [-0.25, -0.2) is 0 Å². The Morgan fingerprint density at radius 2 is 2.27 bits per heavy atom. The molecule has 0 saturated carbocycles. The van der Waals surface area contributed by atoms with E-state index in [1.54, 1.807) is 0 Å². The van der Waals surface area contributed by atoms with Gasteiger partial charge >= 0.3 is 0 Å². The topological polar surface area (TPSA) is 40.1 Å². The van der Waals surface area contributed by atoms with Gasteiger partial charge in [-0.1, -0.05) is 0 Å². The first-order valence-corrected chi connectivity index (χ1v) is 4.51. The Hall–Kier alpha value is -0.120. The van der Waals surface area contributed by atoms with Crippen LogP contribution >= 0.6 is 0 Å². The third-order valence-corrected chi connectivity index (χ3v) is 2.86. The molecule has 0 spiro atoms. The Kier molecular flexibility index (Phi) is 2.11. The van der Waals surface area contributed by atoms with Gasteiger partial charge in [0.2, 0.25) is 0 Å². The quantitative estimate of drug-likeness (QED) is 0.555. The lowest BCUT2D eigenvalue weighted by atomic mass is 10.1. The van der Waals surface area contributed by atoms with Crippen molar-refractivity contribution in [3.05, 3.63) is 0 Å². The Balaban J connectivity index is 1.79. The van der Waals surface area contributed by atoms with Gasteiger partial charge < -0.3 is 10.5 Å². The highest BCUT2D eigenvalue weighted by molar-refractivity contribution is 4.84. The second-order valence-corrected chi connectivity index (χ2v) is 3.63. The van der Waals surface area contributed by atoms with Gasteiger partial charge in [0.1, 0.15) is 0 Å². The SMILES string of the molecule is [NH3+]CC1CCN(C2COC2)C1. The molecule has 3 N–H and O–H groups in total. The lowest BCUT2D eigenvalue weighted by molar-refractivity contribution is -0.378. The van der Waals surface area contributed by atoms with Crippen molar-refractivity contribution in [2.45, 2.75) is 12.5 Å². The molecular weight excluding hydrogens is 140 g/mol. The molecule has 0 amide bonds. The van der Waals surface area contributed by atoms with Crippen molar-refractivity contribution in [1.29, 1.82) is 0 Å². The molecule has 2 aliphatic heterocycles. The van der Waals surface area contributed by atoms with Gasteiger partial charge in [-0.2, -0.15) is 0 Å². The van der Waals surface area contributed by atoms with Crippen LogP contribution < -0.4 is 5.73 Å². The Labute approximate surface area is 67.5 Å². The molecule has 2 fully saturated rings. The Morgan fingerprint density at radius 3 is 2.73 bits per heavy atom. The van der Waals surface area contributed by atoms with Gasteiger partial charge in [0, 0.05) is 12.5 Å². The first-order chi connectivity index (χ1) is 5.40. The van der Waals surface area contributed by atoms with E-state index in [2.05, 4.69) is 10.6 Å². The van der Waals surface area contributed by atoms with Crippen molar-refractivity contribution in [2.24, 2.45) is 5.92 Å². The van der Waals surface area contributed by atoms with Crippen LogP contribution in [-0.4, -0.2) is 43.8 Å². The summed E-state index contributed by atoms with van der Waals surface area (Å²) in [6.45, 7) is 5.56. The van der Waals surface area contributed by atoms with Crippen molar-refractivity contribution >= 4 is 0 Å². The third-order valence-electron chi connectivity index (χ3n) is 2.86. The molecule has 2 heterocycles. The van der Waals surface area contributed by atoms with Crippen LogP contribution in [0.2, 0.25) is 0 Å². The second kappa shape index (κ2) is 3.09. The summed E-state index contributed by atoms with van der Waals surface area (Å²) in [5.74, 6) is 0.857. The van der Waals surface area contributed by atoms with Crippen molar-refractivity contribution in [3.8, 4) is 0 Å². The fourth-order valence-electron chi connectivity index (χ4n) is 1.86. The van der Waals surface area contributed by atoms with Crippen LogP contribution in [0.15, 0.2) is 0 Å². The summed E-state index contributed by atoms with van der Waals surface area (Å²) in [6.07, 6.45) is 1.35. The van der Waals surface area contributed by atoms with Gasteiger partial charge in [0.15, 0.2) is 0 Å². The lowest BCUT2D eigenvalue weighted by Gasteiger charge is -2.34. The molecular formula is C8H17N2O+. The number of quaternary nitrogens is 1. The maximum absolute atomic E-state index is 5.16. The molecule has 3 nitrogen and oxygen atoms in total. The molecule has 0 aliphatic carbocycles. The van der Waals surface area contributed by atoms with Crippen LogP contribution in [0.5, 0.6) is 0 Å². The zero-order valence-electron chi connectivity index (χ0n) is 6.96. The van der Waals surface area contributed by atoms with E-state index in [4.69, 9.17) is 4.74 Å². The minimum atomic E-state index is 0.742. The monoisotopic (exact) mass is 157 g/mol. The van der Waals surface area contributed by atoms with Crippen molar-refractivity contribution in [2.75, 3.05) is 32.8 Å². The highest BCUT2D eigenvalue weighted by Gasteiger charge is 2.32. The maximum Gasteiger partial charge on any atom is 0.0781 e. The molecule has 11 heavy (non-hydrogen) atoms. The van der Waals surface area contributed by atoms with Gasteiger partial charge in [0.25, 0.3) is 0 Å². The molecule has 2 saturated heterocycles. The zero-order chi connectivity index (χ0) is 7.68. The molecule has 0 aromatic carbocycles. The van der Waals surface area contributed by atoms with E-state index in [-0.39, 0.29) is 0 Å². The van der Waals surface area contributed by atoms with Crippen molar-refractivity contribution < 1.29 is 10.5 Å². The smallest absolute Gasteiger partial charge is 0.0781 e. The van der Waals surface area contributed by atoms with E-state index in [1.165, 1.54) is 19.5 Å². The Bertz CT molecular complexity index is 136. The van der Waals surface area contributed by atoms with Gasteiger partial charge in [0.05, 0.1) is 25.8 Å². The Morgan fingerprint density at radius 1 is 1.45 bits per heavy atom. The predicted octanol–water partition coefficient (Wildman–Crippen LogP) is -1.05. The van der Waals surface area contributed by atoms with E-state index in [0.29, 0.717) is 0 Å². The maximum atomic E-state index is 5.16. The van der Waals surface area contributed by atoms with E-state index >= 15 is 0 Å².